The number of carbonyl (C=O) groups is 1. The van der Waals surface area contributed by atoms with Gasteiger partial charge in [-0.1, -0.05) is 23.7 Å². The molecule has 5 rings (SSSR count). The van der Waals surface area contributed by atoms with Crippen LogP contribution in [0.4, 0.5) is 0 Å². The quantitative estimate of drug-likeness (QED) is 0.636. The van der Waals surface area contributed by atoms with E-state index >= 15 is 0 Å². The van der Waals surface area contributed by atoms with Crippen LogP contribution in [0.5, 0.6) is 0 Å². The van der Waals surface area contributed by atoms with Crippen LogP contribution < -0.4 is 10.6 Å². The standard InChI is InChI=1S/C23H23ClN6O2/c1-15-2-3-16(12-18(15)24)20-6-7-25-22-13-19(28-30(20)22)23(31)27-21-5-4-17(14-26-21)29-8-10-32-11-9-29/h2-7,12-14,21,26H,8-11H2,1H3,(H,27,31). The van der Waals surface area contributed by atoms with Gasteiger partial charge in [0.1, 0.15) is 6.17 Å². The summed E-state index contributed by atoms with van der Waals surface area (Å²) in [6.45, 7) is 5.13. The number of benzene rings is 1. The Morgan fingerprint density at radius 3 is 2.84 bits per heavy atom. The molecule has 0 saturated carbocycles. The molecule has 0 aliphatic carbocycles. The number of aryl methyl sites for hydroxylation is 1. The monoisotopic (exact) mass is 450 g/mol. The fourth-order valence-electron chi connectivity index (χ4n) is 3.77. The van der Waals surface area contributed by atoms with Crippen LogP contribution in [-0.4, -0.2) is 57.9 Å². The summed E-state index contributed by atoms with van der Waals surface area (Å²) in [4.78, 5) is 19.5. The number of morpholine rings is 1. The van der Waals surface area contributed by atoms with E-state index in [0.29, 0.717) is 16.4 Å². The maximum absolute atomic E-state index is 12.9. The number of rotatable bonds is 4. The molecule has 0 spiro atoms. The van der Waals surface area contributed by atoms with Crippen LogP contribution in [0.2, 0.25) is 5.02 Å². The normalized spacial score (nSPS) is 18.4. The molecular formula is C23H23ClN6O2. The number of dihydropyridines is 1. The van der Waals surface area contributed by atoms with Gasteiger partial charge in [-0.15, -0.1) is 0 Å². The van der Waals surface area contributed by atoms with Crippen LogP contribution in [0.25, 0.3) is 16.9 Å². The van der Waals surface area contributed by atoms with Crippen molar-refractivity contribution in [3.8, 4) is 11.3 Å². The lowest BCUT2D eigenvalue weighted by Gasteiger charge is -2.31. The largest absolute Gasteiger partial charge is 0.378 e. The first kappa shape index (κ1) is 20.5. The predicted molar refractivity (Wildman–Crippen MR) is 122 cm³/mol. The van der Waals surface area contributed by atoms with Gasteiger partial charge in [0, 0.05) is 42.1 Å². The lowest BCUT2D eigenvalue weighted by atomic mass is 10.1. The van der Waals surface area contributed by atoms with Crippen LogP contribution in [-0.2, 0) is 4.74 Å². The third-order valence-electron chi connectivity index (χ3n) is 5.59. The summed E-state index contributed by atoms with van der Waals surface area (Å²) >= 11 is 6.30. The molecule has 1 unspecified atom stereocenters. The van der Waals surface area contributed by atoms with Gasteiger partial charge >= 0.3 is 0 Å². The number of fused-ring (bicyclic) bond motifs is 1. The number of amides is 1. The first-order valence-electron chi connectivity index (χ1n) is 10.5. The molecule has 4 heterocycles. The van der Waals surface area contributed by atoms with Gasteiger partial charge in [0.05, 0.1) is 24.6 Å². The van der Waals surface area contributed by atoms with Crippen molar-refractivity contribution in [1.29, 1.82) is 0 Å². The minimum atomic E-state index is -0.319. The van der Waals surface area contributed by atoms with Gasteiger partial charge < -0.3 is 20.3 Å². The Kier molecular flexibility index (Phi) is 5.55. The molecule has 1 atom stereocenters. The highest BCUT2D eigenvalue weighted by Crippen LogP contribution is 2.25. The van der Waals surface area contributed by atoms with Crippen LogP contribution in [0, 0.1) is 6.92 Å². The van der Waals surface area contributed by atoms with Crippen molar-refractivity contribution in [1.82, 2.24) is 30.1 Å². The number of carbonyl (C=O) groups excluding carboxylic acids is 1. The van der Waals surface area contributed by atoms with Gasteiger partial charge in [0.2, 0.25) is 0 Å². The average Bonchev–Trinajstić information content (AvgIpc) is 3.27. The molecule has 1 saturated heterocycles. The van der Waals surface area contributed by atoms with Gasteiger partial charge in [-0.2, -0.15) is 5.10 Å². The average molecular weight is 451 g/mol. The summed E-state index contributed by atoms with van der Waals surface area (Å²) in [6, 6.07) is 9.36. The molecule has 1 amide bonds. The minimum absolute atomic E-state index is 0.284. The Balaban J connectivity index is 1.32. The van der Waals surface area contributed by atoms with Crippen LogP contribution in [0.1, 0.15) is 16.1 Å². The number of nitrogens with one attached hydrogen (secondary N) is 2. The molecule has 164 valence electrons. The molecule has 1 aromatic carbocycles. The molecule has 1 fully saturated rings. The van der Waals surface area contributed by atoms with Crippen LogP contribution in [0.15, 0.2) is 60.6 Å². The summed E-state index contributed by atoms with van der Waals surface area (Å²) in [7, 11) is 0. The van der Waals surface area contributed by atoms with E-state index in [1.54, 1.807) is 16.8 Å². The number of nitrogens with zero attached hydrogens (tertiary/aromatic N) is 4. The first-order valence-corrected chi connectivity index (χ1v) is 10.9. The van der Waals surface area contributed by atoms with Crippen molar-refractivity contribution in [2.45, 2.75) is 13.1 Å². The third-order valence-corrected chi connectivity index (χ3v) is 6.00. The van der Waals surface area contributed by atoms with Gasteiger partial charge in [-0.25, -0.2) is 9.50 Å². The molecule has 2 aliphatic rings. The summed E-state index contributed by atoms with van der Waals surface area (Å²) in [5.74, 6) is -0.284. The molecule has 32 heavy (non-hydrogen) atoms. The van der Waals surface area contributed by atoms with E-state index in [1.807, 2.05) is 49.5 Å². The van der Waals surface area contributed by atoms with E-state index in [9.17, 15) is 4.79 Å². The maximum atomic E-state index is 12.9. The zero-order chi connectivity index (χ0) is 22.1. The number of aromatic nitrogens is 3. The summed E-state index contributed by atoms with van der Waals surface area (Å²) in [6.07, 6.45) is 7.24. The molecule has 3 aromatic rings. The lowest BCUT2D eigenvalue weighted by molar-refractivity contribution is 0.0549. The molecule has 2 aliphatic heterocycles. The Bertz CT molecular complexity index is 1230. The second kappa shape index (κ2) is 8.64. The first-order chi connectivity index (χ1) is 15.6. The molecule has 8 nitrogen and oxygen atoms in total. The lowest BCUT2D eigenvalue weighted by Crippen LogP contribution is -2.45. The van der Waals surface area contributed by atoms with E-state index in [4.69, 9.17) is 16.3 Å². The number of allylic oxidation sites excluding steroid dienone is 1. The smallest absolute Gasteiger partial charge is 0.273 e. The summed E-state index contributed by atoms with van der Waals surface area (Å²) < 4.78 is 7.06. The fraction of sp³-hybridized carbons (Fsp3) is 0.261. The number of halogens is 1. The topological polar surface area (TPSA) is 83.8 Å². The summed E-state index contributed by atoms with van der Waals surface area (Å²) in [5.41, 5.74) is 4.68. The third kappa shape index (κ3) is 4.06. The second-order valence-electron chi connectivity index (χ2n) is 7.74. The van der Waals surface area contributed by atoms with Crippen molar-refractivity contribution in [2.24, 2.45) is 0 Å². The van der Waals surface area contributed by atoms with Crippen LogP contribution >= 0.6 is 11.6 Å². The highest BCUT2D eigenvalue weighted by Gasteiger charge is 2.19. The summed E-state index contributed by atoms with van der Waals surface area (Å²) in [5, 5.41) is 11.4. The van der Waals surface area contributed by atoms with Crippen molar-refractivity contribution < 1.29 is 9.53 Å². The zero-order valence-electron chi connectivity index (χ0n) is 17.6. The maximum Gasteiger partial charge on any atom is 0.273 e. The Hall–Kier alpha value is -3.36. The van der Waals surface area contributed by atoms with E-state index in [0.717, 1.165) is 48.8 Å². The number of hydrogen-bond donors (Lipinski definition) is 2. The zero-order valence-corrected chi connectivity index (χ0v) is 18.3. The van der Waals surface area contributed by atoms with Crippen molar-refractivity contribution in [3.63, 3.8) is 0 Å². The predicted octanol–water partition coefficient (Wildman–Crippen LogP) is 2.75. The molecule has 9 heteroatoms. The van der Waals surface area contributed by atoms with Crippen LogP contribution in [0.3, 0.4) is 0 Å². The van der Waals surface area contributed by atoms with E-state index in [-0.39, 0.29) is 12.1 Å². The minimum Gasteiger partial charge on any atom is -0.378 e. The SMILES string of the molecule is Cc1ccc(-c2ccnc3cc(C(=O)NC4C=CC(N5CCOCC5)=CN4)nn23)cc1Cl. The van der Waals surface area contributed by atoms with E-state index < -0.39 is 0 Å². The van der Waals surface area contributed by atoms with Crippen molar-refractivity contribution in [3.05, 3.63) is 76.9 Å². The van der Waals surface area contributed by atoms with Gasteiger partial charge in [0.25, 0.3) is 5.91 Å². The number of ether oxygens (including phenoxy) is 1. The second-order valence-corrected chi connectivity index (χ2v) is 8.15. The van der Waals surface area contributed by atoms with Gasteiger partial charge in [-0.3, -0.25) is 4.79 Å². The molecule has 0 radical (unpaired) electrons. The highest BCUT2D eigenvalue weighted by molar-refractivity contribution is 6.31. The highest BCUT2D eigenvalue weighted by atomic mass is 35.5. The Labute approximate surface area is 190 Å². The molecule has 0 bridgehead atoms. The Morgan fingerprint density at radius 2 is 2.09 bits per heavy atom. The van der Waals surface area contributed by atoms with Crippen molar-refractivity contribution in [2.75, 3.05) is 26.3 Å². The fourth-order valence-corrected chi connectivity index (χ4v) is 3.95. The number of hydrogen-bond acceptors (Lipinski definition) is 6. The van der Waals surface area contributed by atoms with E-state index in [1.165, 1.54) is 0 Å². The molecule has 2 N–H and O–H groups in total. The molecular weight excluding hydrogens is 428 g/mol. The molecule has 2 aromatic heterocycles. The van der Waals surface area contributed by atoms with E-state index in [2.05, 4.69) is 25.6 Å². The van der Waals surface area contributed by atoms with Crippen molar-refractivity contribution >= 4 is 23.2 Å². The van der Waals surface area contributed by atoms with Gasteiger partial charge in [-0.05, 0) is 36.8 Å². The Morgan fingerprint density at radius 1 is 1.25 bits per heavy atom. The van der Waals surface area contributed by atoms with Gasteiger partial charge in [0.15, 0.2) is 11.3 Å².